The van der Waals surface area contributed by atoms with Crippen LogP contribution in [0.25, 0.3) is 0 Å². The Balaban J connectivity index is 0.000000864. The number of esters is 1. The normalized spacial score (nSPS) is 10.4. The van der Waals surface area contributed by atoms with Gasteiger partial charge in [0.2, 0.25) is 0 Å². The van der Waals surface area contributed by atoms with E-state index in [1.54, 1.807) is 4.72 Å². The molecule has 14 nitrogen and oxygen atoms in total. The van der Waals surface area contributed by atoms with Gasteiger partial charge in [0.15, 0.2) is 5.75 Å². The second-order valence-electron chi connectivity index (χ2n) is 6.92. The summed E-state index contributed by atoms with van der Waals surface area (Å²) in [6.07, 6.45) is 0. The number of aromatic nitrogens is 3. The Kier molecular flexibility index (Phi) is 13.1. The van der Waals surface area contributed by atoms with Gasteiger partial charge in [0, 0.05) is 17.3 Å². The number of aromatic carboxylic acids is 1. The number of sulfonamides is 1. The van der Waals surface area contributed by atoms with Crippen molar-refractivity contribution in [1.29, 1.82) is 0 Å². The third-order valence-corrected chi connectivity index (χ3v) is 7.77. The topological polar surface area (TPSA) is 185 Å². The molecule has 2 aromatic heterocycles. The van der Waals surface area contributed by atoms with E-state index in [2.05, 4.69) is 9.84 Å². The molecule has 1 aromatic carbocycles. The minimum absolute atomic E-state index is 0. The standard InChI is InChI=1S/C12H14N4O7S2.C8H6Cl2O3.K.H/c1-6-8(7(5-24-6)9(17)22-3)25(20,21)14-10(18)16-12(19)15(2)11(13-16)23-4;1-13-7-5(10)3-2-4(9)6(7)8(11)12;;/h5H,1-4H3,(H,14,18);2-3H,1H3,(H,11,12);;/q;;+1;-1. The first-order valence-electron chi connectivity index (χ1n) is 9.90. The Morgan fingerprint density at radius 1 is 1.13 bits per heavy atom. The van der Waals surface area contributed by atoms with E-state index in [4.69, 9.17) is 37.8 Å². The second-order valence-corrected chi connectivity index (χ2v) is 10.4. The number of carbonyl (C=O) groups excluding carboxylic acids is 2. The molecular weight excluding hydrogens is 630 g/mol. The first-order chi connectivity index (χ1) is 17.7. The molecule has 0 aliphatic carbocycles. The second kappa shape index (κ2) is 14.6. The predicted molar refractivity (Wildman–Crippen MR) is 137 cm³/mol. The van der Waals surface area contributed by atoms with Crippen molar-refractivity contribution >= 4 is 62.5 Å². The van der Waals surface area contributed by atoms with Crippen molar-refractivity contribution in [2.24, 2.45) is 7.05 Å². The van der Waals surface area contributed by atoms with E-state index in [0.29, 0.717) is 4.68 Å². The Morgan fingerprint density at radius 3 is 2.18 bits per heavy atom. The van der Waals surface area contributed by atoms with Gasteiger partial charge in [-0.25, -0.2) is 36.9 Å². The molecule has 0 spiro atoms. The number of ether oxygens (including phenoxy) is 3. The van der Waals surface area contributed by atoms with Crippen LogP contribution in [0.4, 0.5) is 4.79 Å². The Hall–Kier alpha value is -1.96. The Morgan fingerprint density at radius 2 is 1.72 bits per heavy atom. The van der Waals surface area contributed by atoms with Gasteiger partial charge >= 0.3 is 81.1 Å². The number of nitrogens with one attached hydrogen (secondary N) is 1. The van der Waals surface area contributed by atoms with E-state index in [1.165, 1.54) is 45.7 Å². The van der Waals surface area contributed by atoms with Crippen LogP contribution in [0.3, 0.4) is 0 Å². The third-order valence-electron chi connectivity index (χ3n) is 4.61. The number of carbonyl (C=O) groups is 3. The van der Waals surface area contributed by atoms with Crippen molar-refractivity contribution in [3.63, 3.8) is 0 Å². The zero-order chi connectivity index (χ0) is 28.9. The molecule has 0 radical (unpaired) electrons. The summed E-state index contributed by atoms with van der Waals surface area (Å²) in [7, 11) is 0.522. The summed E-state index contributed by atoms with van der Waals surface area (Å²) in [6, 6.07) is 1.40. The van der Waals surface area contributed by atoms with Crippen LogP contribution >= 0.6 is 34.5 Å². The molecule has 0 aliphatic rings. The quantitative estimate of drug-likeness (QED) is 0.259. The summed E-state index contributed by atoms with van der Waals surface area (Å²) >= 11 is 12.4. The van der Waals surface area contributed by atoms with Gasteiger partial charge in [-0.2, -0.15) is 0 Å². The van der Waals surface area contributed by atoms with Crippen LogP contribution in [0, 0.1) is 6.92 Å². The first kappa shape index (κ1) is 35.1. The maximum atomic E-state index is 12.5. The number of hydrogen-bond acceptors (Lipinski definition) is 11. The number of rotatable bonds is 6. The van der Waals surface area contributed by atoms with Crippen molar-refractivity contribution in [2.75, 3.05) is 21.3 Å². The smallest absolute Gasteiger partial charge is 1.00 e. The zero-order valence-corrected chi connectivity index (χ0v) is 27.5. The molecule has 3 aromatic rings. The number of methoxy groups -OCH3 is 3. The van der Waals surface area contributed by atoms with Gasteiger partial charge in [0.1, 0.15) is 10.5 Å². The predicted octanol–water partition coefficient (Wildman–Crippen LogP) is -0.490. The molecule has 0 saturated heterocycles. The molecule has 0 aliphatic heterocycles. The van der Waals surface area contributed by atoms with Crippen molar-refractivity contribution in [1.82, 2.24) is 19.1 Å². The molecule has 1 amide bonds. The molecule has 0 bridgehead atoms. The average molecular weight is 652 g/mol. The number of thiophene rings is 1. The summed E-state index contributed by atoms with van der Waals surface area (Å²) in [6.45, 7) is 1.46. The number of carboxylic acids is 1. The molecule has 208 valence electrons. The van der Waals surface area contributed by atoms with Crippen LogP contribution in [0.5, 0.6) is 11.8 Å². The largest absolute Gasteiger partial charge is 1.00 e. The van der Waals surface area contributed by atoms with E-state index in [9.17, 15) is 27.6 Å². The molecule has 2 heterocycles. The van der Waals surface area contributed by atoms with Gasteiger partial charge in [-0.1, -0.05) is 23.2 Å². The fourth-order valence-electron chi connectivity index (χ4n) is 2.90. The van der Waals surface area contributed by atoms with Crippen LogP contribution < -0.4 is 71.3 Å². The number of nitrogens with zero attached hydrogens (tertiary/aromatic N) is 3. The van der Waals surface area contributed by atoms with Crippen LogP contribution in [0.15, 0.2) is 27.2 Å². The summed E-state index contributed by atoms with van der Waals surface area (Å²) in [5.41, 5.74) is -1.23. The van der Waals surface area contributed by atoms with E-state index >= 15 is 0 Å². The minimum Gasteiger partial charge on any atom is -1.00 e. The van der Waals surface area contributed by atoms with Crippen molar-refractivity contribution in [2.45, 2.75) is 11.8 Å². The van der Waals surface area contributed by atoms with E-state index in [1.807, 2.05) is 0 Å². The van der Waals surface area contributed by atoms with Gasteiger partial charge in [-0.05, 0) is 19.1 Å². The van der Waals surface area contributed by atoms with Crippen LogP contribution in [-0.2, 0) is 21.8 Å². The Bertz CT molecular complexity index is 1570. The molecule has 0 atom stereocenters. The maximum absolute atomic E-state index is 12.5. The molecule has 0 unspecified atom stereocenters. The number of halogens is 2. The molecule has 19 heteroatoms. The summed E-state index contributed by atoms with van der Waals surface area (Å²) in [5, 5.41) is 14.0. The Labute approximate surface area is 279 Å². The van der Waals surface area contributed by atoms with Gasteiger partial charge in [-0.15, -0.1) is 21.1 Å². The van der Waals surface area contributed by atoms with Gasteiger partial charge in [-0.3, -0.25) is 0 Å². The number of amides is 1. The molecule has 3 rings (SSSR count). The summed E-state index contributed by atoms with van der Waals surface area (Å²) < 4.78 is 42.1. The summed E-state index contributed by atoms with van der Waals surface area (Å²) in [5.74, 6) is -1.94. The van der Waals surface area contributed by atoms with Gasteiger partial charge in [0.25, 0.3) is 10.0 Å². The van der Waals surface area contributed by atoms with Gasteiger partial charge in [0.05, 0.1) is 36.9 Å². The number of aryl methyl sites for hydroxylation is 1. The van der Waals surface area contributed by atoms with Crippen LogP contribution in [0.2, 0.25) is 10.0 Å². The fraction of sp³-hybridized carbons (Fsp3) is 0.250. The molecule has 0 saturated carbocycles. The van der Waals surface area contributed by atoms with Crippen molar-refractivity contribution < 1.29 is 94.9 Å². The number of benzene rings is 1. The van der Waals surface area contributed by atoms with Crippen molar-refractivity contribution in [3.05, 3.63) is 54.0 Å². The van der Waals surface area contributed by atoms with Gasteiger partial charge < -0.3 is 20.7 Å². The zero-order valence-electron chi connectivity index (χ0n) is 22.3. The van der Waals surface area contributed by atoms with E-state index in [0.717, 1.165) is 23.0 Å². The number of hydrogen-bond donors (Lipinski definition) is 2. The molecule has 0 fully saturated rings. The van der Waals surface area contributed by atoms with Crippen LogP contribution in [0.1, 0.15) is 27.0 Å². The molecule has 39 heavy (non-hydrogen) atoms. The molecule has 2 N–H and O–H groups in total. The average Bonchev–Trinajstić information content (AvgIpc) is 3.39. The SMILES string of the molecule is COC(=O)c1csc(C)c1S(=O)(=O)NC(=O)n1nc(OC)n(C)c1=O.COc1c(Cl)ccc(Cl)c1C(=O)O.[H-].[K+]. The number of carboxylic acid groups (broad SMARTS) is 1. The van der Waals surface area contributed by atoms with Crippen LogP contribution in [-0.4, -0.2) is 67.2 Å². The molecular formula is C20H21Cl2KN4O10S2. The fourth-order valence-corrected chi connectivity index (χ4v) is 5.87. The minimum atomic E-state index is -4.45. The third kappa shape index (κ3) is 7.83. The van der Waals surface area contributed by atoms with E-state index in [-0.39, 0.29) is 90.6 Å². The summed E-state index contributed by atoms with van der Waals surface area (Å²) in [4.78, 5) is 46.4. The van der Waals surface area contributed by atoms with E-state index < -0.39 is 38.6 Å². The van der Waals surface area contributed by atoms with Crippen molar-refractivity contribution in [3.8, 4) is 11.8 Å². The maximum Gasteiger partial charge on any atom is 1.00 e. The monoisotopic (exact) mass is 650 g/mol. The first-order valence-corrected chi connectivity index (χ1v) is 13.0.